The normalized spacial score (nSPS) is 10.3. The topological polar surface area (TPSA) is 42.2 Å². The highest BCUT2D eigenvalue weighted by Crippen LogP contribution is 2.25. The zero-order valence-corrected chi connectivity index (χ0v) is 10.4. The van der Waals surface area contributed by atoms with Crippen LogP contribution < -0.4 is 10.6 Å². The first-order valence-electron chi connectivity index (χ1n) is 5.35. The molecule has 2 N–H and O–H groups in total. The second kappa shape index (κ2) is 5.17. The Balaban J connectivity index is 2.36. The van der Waals surface area contributed by atoms with Gasteiger partial charge in [-0.05, 0) is 23.8 Å². The molecule has 0 bridgehead atoms. The monoisotopic (exact) mass is 247 g/mol. The third-order valence-corrected chi connectivity index (χ3v) is 2.85. The number of nitrogens with two attached hydrogens (primary N) is 1. The van der Waals surface area contributed by atoms with E-state index in [-0.39, 0.29) is 0 Å². The van der Waals surface area contributed by atoms with Crippen LogP contribution in [0.4, 0.5) is 11.5 Å². The van der Waals surface area contributed by atoms with E-state index in [1.54, 1.807) is 6.20 Å². The third-order valence-electron chi connectivity index (χ3n) is 2.63. The molecule has 1 aromatic carbocycles. The summed E-state index contributed by atoms with van der Waals surface area (Å²) in [5.74, 6) is 0.843. The van der Waals surface area contributed by atoms with Crippen LogP contribution in [-0.4, -0.2) is 12.0 Å². The highest BCUT2D eigenvalue weighted by atomic mass is 35.5. The van der Waals surface area contributed by atoms with Gasteiger partial charge in [-0.25, -0.2) is 4.98 Å². The average molecular weight is 248 g/mol. The summed E-state index contributed by atoms with van der Waals surface area (Å²) in [6.45, 7) is 0.508. The molecule has 2 rings (SSSR count). The Morgan fingerprint density at radius 1 is 1.24 bits per heavy atom. The summed E-state index contributed by atoms with van der Waals surface area (Å²) in [6.07, 6.45) is 1.64. The first kappa shape index (κ1) is 11.9. The van der Waals surface area contributed by atoms with Crippen LogP contribution in [-0.2, 0) is 6.54 Å². The van der Waals surface area contributed by atoms with Crippen LogP contribution in [0.15, 0.2) is 42.6 Å². The van der Waals surface area contributed by atoms with Crippen molar-refractivity contribution in [3.63, 3.8) is 0 Å². The predicted octanol–water partition coefficient (Wildman–Crippen LogP) is 2.96. The standard InChI is InChI=1S/C13H14ClN3/c1-17(13-7-6-11(14)9-16-13)12-5-3-2-4-10(12)8-15/h2-7,9H,8,15H2,1H3. The van der Waals surface area contributed by atoms with Crippen LogP contribution in [0.1, 0.15) is 5.56 Å². The van der Waals surface area contributed by atoms with Gasteiger partial charge in [0.15, 0.2) is 0 Å². The lowest BCUT2D eigenvalue weighted by molar-refractivity contribution is 1.03. The fourth-order valence-electron chi connectivity index (χ4n) is 1.70. The van der Waals surface area contributed by atoms with Gasteiger partial charge in [0.05, 0.1) is 5.02 Å². The number of aromatic nitrogens is 1. The quantitative estimate of drug-likeness (QED) is 0.907. The van der Waals surface area contributed by atoms with Gasteiger partial charge in [0.25, 0.3) is 0 Å². The van der Waals surface area contributed by atoms with Crippen LogP contribution in [0.2, 0.25) is 5.02 Å². The lowest BCUT2D eigenvalue weighted by Gasteiger charge is -2.21. The second-order valence-electron chi connectivity index (χ2n) is 3.73. The first-order chi connectivity index (χ1) is 8.22. The number of anilines is 2. The molecule has 0 unspecified atom stereocenters. The molecule has 0 saturated carbocycles. The molecule has 1 heterocycles. The number of pyridine rings is 1. The first-order valence-corrected chi connectivity index (χ1v) is 5.73. The molecule has 0 amide bonds. The summed E-state index contributed by atoms with van der Waals surface area (Å²) in [4.78, 5) is 6.28. The fraction of sp³-hybridized carbons (Fsp3) is 0.154. The van der Waals surface area contributed by atoms with Crippen molar-refractivity contribution in [1.82, 2.24) is 4.98 Å². The van der Waals surface area contributed by atoms with E-state index in [1.165, 1.54) is 0 Å². The van der Waals surface area contributed by atoms with E-state index in [0.29, 0.717) is 11.6 Å². The molecule has 4 heteroatoms. The molecule has 0 aliphatic heterocycles. The van der Waals surface area contributed by atoms with E-state index in [4.69, 9.17) is 17.3 Å². The van der Waals surface area contributed by atoms with E-state index in [9.17, 15) is 0 Å². The molecule has 0 atom stereocenters. The molecule has 1 aromatic heterocycles. The number of rotatable bonds is 3. The maximum Gasteiger partial charge on any atom is 0.132 e. The summed E-state index contributed by atoms with van der Waals surface area (Å²) in [6, 6.07) is 11.7. The fourth-order valence-corrected chi connectivity index (χ4v) is 1.81. The minimum absolute atomic E-state index is 0.508. The van der Waals surface area contributed by atoms with Crippen molar-refractivity contribution in [2.45, 2.75) is 6.54 Å². The van der Waals surface area contributed by atoms with E-state index < -0.39 is 0 Å². The molecular formula is C13H14ClN3. The van der Waals surface area contributed by atoms with Crippen molar-refractivity contribution in [1.29, 1.82) is 0 Å². The minimum Gasteiger partial charge on any atom is -0.329 e. The molecule has 2 aromatic rings. The lowest BCUT2D eigenvalue weighted by Crippen LogP contribution is -2.14. The second-order valence-corrected chi connectivity index (χ2v) is 4.16. The number of nitrogens with zero attached hydrogens (tertiary/aromatic N) is 2. The average Bonchev–Trinajstić information content (AvgIpc) is 2.39. The Kier molecular flexibility index (Phi) is 3.61. The molecular weight excluding hydrogens is 234 g/mol. The Morgan fingerprint density at radius 3 is 2.65 bits per heavy atom. The van der Waals surface area contributed by atoms with E-state index in [1.807, 2.05) is 48.3 Å². The van der Waals surface area contributed by atoms with E-state index in [2.05, 4.69) is 4.98 Å². The molecule has 0 radical (unpaired) electrons. The molecule has 0 saturated heterocycles. The van der Waals surface area contributed by atoms with Gasteiger partial charge >= 0.3 is 0 Å². The molecule has 17 heavy (non-hydrogen) atoms. The largest absolute Gasteiger partial charge is 0.329 e. The summed E-state index contributed by atoms with van der Waals surface area (Å²) in [7, 11) is 1.96. The van der Waals surface area contributed by atoms with Crippen molar-refractivity contribution in [2.75, 3.05) is 11.9 Å². The number of para-hydroxylation sites is 1. The summed E-state index contributed by atoms with van der Waals surface area (Å²) < 4.78 is 0. The SMILES string of the molecule is CN(c1ccc(Cl)cn1)c1ccccc1CN. The lowest BCUT2D eigenvalue weighted by atomic mass is 10.1. The van der Waals surface area contributed by atoms with Crippen LogP contribution in [0.5, 0.6) is 0 Å². The smallest absolute Gasteiger partial charge is 0.132 e. The zero-order chi connectivity index (χ0) is 12.3. The Labute approximate surface area is 106 Å². The van der Waals surface area contributed by atoms with Gasteiger partial charge in [-0.3, -0.25) is 0 Å². The number of halogens is 1. The third kappa shape index (κ3) is 2.57. The molecule has 0 fully saturated rings. The van der Waals surface area contributed by atoms with Crippen LogP contribution in [0.3, 0.4) is 0 Å². The number of hydrogen-bond donors (Lipinski definition) is 1. The molecule has 88 valence electrons. The van der Waals surface area contributed by atoms with Gasteiger partial charge in [0.1, 0.15) is 5.82 Å². The Morgan fingerprint density at radius 2 is 2.00 bits per heavy atom. The summed E-state index contributed by atoms with van der Waals surface area (Å²) in [5, 5.41) is 0.634. The summed E-state index contributed by atoms with van der Waals surface area (Å²) >= 11 is 5.82. The summed E-state index contributed by atoms with van der Waals surface area (Å²) in [5.41, 5.74) is 7.87. The number of hydrogen-bond acceptors (Lipinski definition) is 3. The van der Waals surface area contributed by atoms with Crippen LogP contribution >= 0.6 is 11.6 Å². The van der Waals surface area contributed by atoms with Crippen molar-refractivity contribution >= 4 is 23.1 Å². The highest BCUT2D eigenvalue weighted by Gasteiger charge is 2.08. The van der Waals surface area contributed by atoms with Gasteiger partial charge in [-0.2, -0.15) is 0 Å². The molecule has 3 nitrogen and oxygen atoms in total. The van der Waals surface area contributed by atoms with Gasteiger partial charge in [-0.15, -0.1) is 0 Å². The van der Waals surface area contributed by atoms with Crippen molar-refractivity contribution < 1.29 is 0 Å². The molecule has 0 aliphatic rings. The van der Waals surface area contributed by atoms with E-state index in [0.717, 1.165) is 17.1 Å². The maximum absolute atomic E-state index is 5.82. The van der Waals surface area contributed by atoms with Gasteiger partial charge in [-0.1, -0.05) is 29.8 Å². The van der Waals surface area contributed by atoms with Crippen molar-refractivity contribution in [3.05, 3.63) is 53.2 Å². The van der Waals surface area contributed by atoms with Crippen LogP contribution in [0, 0.1) is 0 Å². The van der Waals surface area contributed by atoms with Crippen LogP contribution in [0.25, 0.3) is 0 Å². The van der Waals surface area contributed by atoms with Crippen molar-refractivity contribution in [2.24, 2.45) is 5.73 Å². The van der Waals surface area contributed by atoms with Crippen molar-refractivity contribution in [3.8, 4) is 0 Å². The predicted molar refractivity (Wildman–Crippen MR) is 71.6 cm³/mol. The highest BCUT2D eigenvalue weighted by molar-refractivity contribution is 6.30. The molecule has 0 aliphatic carbocycles. The zero-order valence-electron chi connectivity index (χ0n) is 9.60. The Hall–Kier alpha value is -1.58. The van der Waals surface area contributed by atoms with E-state index >= 15 is 0 Å². The minimum atomic E-state index is 0.508. The molecule has 0 spiro atoms. The van der Waals surface area contributed by atoms with Gasteiger partial charge in [0.2, 0.25) is 0 Å². The number of benzene rings is 1. The van der Waals surface area contributed by atoms with Gasteiger partial charge < -0.3 is 10.6 Å². The van der Waals surface area contributed by atoms with Gasteiger partial charge in [0, 0.05) is 25.5 Å². The maximum atomic E-state index is 5.82. The Bertz CT molecular complexity index is 496.